The predicted molar refractivity (Wildman–Crippen MR) is 75.4 cm³/mol. The molecule has 0 aliphatic rings. The summed E-state index contributed by atoms with van der Waals surface area (Å²) in [4.78, 5) is 20.4. The summed E-state index contributed by atoms with van der Waals surface area (Å²) in [7, 11) is 0. The maximum absolute atomic E-state index is 10.9. The molecule has 8 heteroatoms. The first-order valence-electron chi connectivity index (χ1n) is 5.66. The molecule has 106 valence electrons. The fourth-order valence-electron chi connectivity index (χ4n) is 1.56. The number of benzene rings is 1. The van der Waals surface area contributed by atoms with Crippen molar-refractivity contribution in [1.82, 2.24) is 0 Å². The molecule has 1 aromatic carbocycles. The van der Waals surface area contributed by atoms with Gasteiger partial charge < -0.3 is 0 Å². The second-order valence-corrected chi connectivity index (χ2v) is 4.20. The number of nitro benzene ring substituents is 1. The first-order valence-corrected chi connectivity index (χ1v) is 5.66. The van der Waals surface area contributed by atoms with Crippen LogP contribution in [-0.4, -0.2) is 21.6 Å². The number of nitrogens with zero attached hydrogens (tertiary/aromatic N) is 3. The van der Waals surface area contributed by atoms with E-state index in [0.29, 0.717) is 11.3 Å². The molecule has 1 atom stereocenters. The molecule has 0 bridgehead atoms. The molecule has 0 heterocycles. The number of nitrogens with one attached hydrogen (secondary N) is 1. The van der Waals surface area contributed by atoms with Crippen LogP contribution in [0.2, 0.25) is 0 Å². The summed E-state index contributed by atoms with van der Waals surface area (Å²) in [5.74, 6) is 0. The molecule has 1 rings (SSSR count). The molecule has 0 amide bonds. The summed E-state index contributed by atoms with van der Waals surface area (Å²) in [5.41, 5.74) is 3.71. The van der Waals surface area contributed by atoms with Gasteiger partial charge in [-0.15, -0.1) is 0 Å². The van der Waals surface area contributed by atoms with E-state index >= 15 is 0 Å². The molecule has 0 aliphatic carbocycles. The van der Waals surface area contributed by atoms with Crippen molar-refractivity contribution in [2.75, 3.05) is 5.43 Å². The second kappa shape index (κ2) is 6.41. The summed E-state index contributed by atoms with van der Waals surface area (Å²) in [6.07, 6.45) is 0. The molecule has 0 radical (unpaired) electrons. The standard InChI is InChI=1S/C12H14N4O4/c1-8(2)12(16(19)20)9(3)13-14-10-4-6-11(7-5-10)15(17)18/h4-7,12,14H,1H2,2-3H3/b13-9+. The summed E-state index contributed by atoms with van der Waals surface area (Å²) < 4.78 is 0. The van der Waals surface area contributed by atoms with Crippen LogP contribution in [0.4, 0.5) is 11.4 Å². The molecule has 1 unspecified atom stereocenters. The van der Waals surface area contributed by atoms with Gasteiger partial charge in [-0.05, 0) is 31.6 Å². The number of hydrazone groups is 1. The van der Waals surface area contributed by atoms with Crippen molar-refractivity contribution in [3.8, 4) is 0 Å². The minimum absolute atomic E-state index is 0.0404. The Kier molecular flexibility index (Phi) is 4.90. The van der Waals surface area contributed by atoms with Crippen LogP contribution in [0.25, 0.3) is 0 Å². The number of anilines is 1. The lowest BCUT2D eigenvalue weighted by molar-refractivity contribution is -0.493. The molecular weight excluding hydrogens is 264 g/mol. The predicted octanol–water partition coefficient (Wildman–Crippen LogP) is 2.60. The fourth-order valence-corrected chi connectivity index (χ4v) is 1.56. The first kappa shape index (κ1) is 15.3. The van der Waals surface area contributed by atoms with Gasteiger partial charge in [0.25, 0.3) is 11.7 Å². The highest BCUT2D eigenvalue weighted by atomic mass is 16.6. The van der Waals surface area contributed by atoms with Crippen LogP contribution in [0, 0.1) is 20.2 Å². The normalized spacial score (nSPS) is 12.6. The Morgan fingerprint density at radius 3 is 2.20 bits per heavy atom. The van der Waals surface area contributed by atoms with Crippen molar-refractivity contribution >= 4 is 17.1 Å². The van der Waals surface area contributed by atoms with Crippen LogP contribution in [0.15, 0.2) is 41.5 Å². The van der Waals surface area contributed by atoms with E-state index in [1.807, 2.05) is 0 Å². The lowest BCUT2D eigenvalue weighted by atomic mass is 10.1. The van der Waals surface area contributed by atoms with Gasteiger partial charge in [-0.1, -0.05) is 6.58 Å². The molecule has 0 aromatic heterocycles. The minimum Gasteiger partial charge on any atom is -0.278 e. The highest BCUT2D eigenvalue weighted by molar-refractivity contribution is 5.89. The van der Waals surface area contributed by atoms with Gasteiger partial charge in [-0.2, -0.15) is 5.10 Å². The highest BCUT2D eigenvalue weighted by Gasteiger charge is 2.24. The Morgan fingerprint density at radius 2 is 1.80 bits per heavy atom. The number of non-ortho nitro benzene ring substituents is 1. The van der Waals surface area contributed by atoms with Crippen molar-refractivity contribution in [3.05, 3.63) is 56.6 Å². The maximum Gasteiger partial charge on any atom is 0.272 e. The SMILES string of the molecule is C=C(C)C(/C(C)=N/Nc1ccc([N+](=O)[O-])cc1)[N+](=O)[O-]. The van der Waals surface area contributed by atoms with E-state index in [-0.39, 0.29) is 11.4 Å². The van der Waals surface area contributed by atoms with Crippen LogP contribution in [-0.2, 0) is 0 Å². The van der Waals surface area contributed by atoms with E-state index in [4.69, 9.17) is 0 Å². The van der Waals surface area contributed by atoms with Crippen molar-refractivity contribution in [3.63, 3.8) is 0 Å². The van der Waals surface area contributed by atoms with Crippen LogP contribution in [0.1, 0.15) is 13.8 Å². The molecule has 0 spiro atoms. The first-order chi connectivity index (χ1) is 9.32. The Balaban J connectivity index is 2.83. The van der Waals surface area contributed by atoms with Crippen LogP contribution in [0.5, 0.6) is 0 Å². The molecule has 20 heavy (non-hydrogen) atoms. The number of rotatable bonds is 6. The zero-order valence-electron chi connectivity index (χ0n) is 11.1. The monoisotopic (exact) mass is 278 g/mol. The van der Waals surface area contributed by atoms with E-state index in [9.17, 15) is 20.2 Å². The smallest absolute Gasteiger partial charge is 0.272 e. The Hall–Kier alpha value is -2.77. The van der Waals surface area contributed by atoms with Crippen molar-refractivity contribution in [1.29, 1.82) is 0 Å². The lowest BCUT2D eigenvalue weighted by Gasteiger charge is -2.09. The molecule has 0 saturated heterocycles. The highest BCUT2D eigenvalue weighted by Crippen LogP contribution is 2.15. The Bertz CT molecular complexity index is 551. The fraction of sp³-hybridized carbons (Fsp3) is 0.250. The Morgan fingerprint density at radius 1 is 1.25 bits per heavy atom. The summed E-state index contributed by atoms with van der Waals surface area (Å²) in [6, 6.07) is 4.52. The molecular formula is C12H14N4O4. The molecule has 0 saturated carbocycles. The molecule has 8 nitrogen and oxygen atoms in total. The van der Waals surface area contributed by atoms with Crippen LogP contribution < -0.4 is 5.43 Å². The lowest BCUT2D eigenvalue weighted by Crippen LogP contribution is -2.29. The van der Waals surface area contributed by atoms with Crippen molar-refractivity contribution in [2.24, 2.45) is 5.10 Å². The molecule has 0 fully saturated rings. The minimum atomic E-state index is -1.06. The Labute approximate surface area is 115 Å². The van der Waals surface area contributed by atoms with E-state index < -0.39 is 15.9 Å². The third-order valence-corrected chi connectivity index (χ3v) is 2.51. The van der Waals surface area contributed by atoms with Gasteiger partial charge in [0.15, 0.2) is 0 Å². The van der Waals surface area contributed by atoms with Gasteiger partial charge in [-0.25, -0.2) is 0 Å². The number of nitro groups is 2. The van der Waals surface area contributed by atoms with Crippen LogP contribution in [0.3, 0.4) is 0 Å². The van der Waals surface area contributed by atoms with E-state index in [2.05, 4.69) is 17.1 Å². The van der Waals surface area contributed by atoms with Crippen molar-refractivity contribution < 1.29 is 9.85 Å². The van der Waals surface area contributed by atoms with Gasteiger partial charge >= 0.3 is 0 Å². The summed E-state index contributed by atoms with van der Waals surface area (Å²) >= 11 is 0. The largest absolute Gasteiger partial charge is 0.278 e. The summed E-state index contributed by atoms with van der Waals surface area (Å²) in [5, 5.41) is 25.3. The van der Waals surface area contributed by atoms with Gasteiger partial charge in [0.2, 0.25) is 0 Å². The quantitative estimate of drug-likeness (QED) is 0.372. The number of hydrogen-bond acceptors (Lipinski definition) is 6. The second-order valence-electron chi connectivity index (χ2n) is 4.20. The topological polar surface area (TPSA) is 111 Å². The zero-order valence-corrected chi connectivity index (χ0v) is 11.1. The van der Waals surface area contributed by atoms with Gasteiger partial charge in [0, 0.05) is 17.1 Å². The van der Waals surface area contributed by atoms with Gasteiger partial charge in [0.1, 0.15) is 5.71 Å². The maximum atomic E-state index is 10.9. The third kappa shape index (κ3) is 3.87. The molecule has 0 aliphatic heterocycles. The zero-order chi connectivity index (χ0) is 15.3. The number of hydrogen-bond donors (Lipinski definition) is 1. The van der Waals surface area contributed by atoms with E-state index in [1.54, 1.807) is 6.92 Å². The van der Waals surface area contributed by atoms with Crippen molar-refractivity contribution in [2.45, 2.75) is 19.9 Å². The third-order valence-electron chi connectivity index (χ3n) is 2.51. The van der Waals surface area contributed by atoms with Crippen LogP contribution >= 0.6 is 0 Å². The molecule has 1 aromatic rings. The van der Waals surface area contributed by atoms with Gasteiger partial charge in [0.05, 0.1) is 10.6 Å². The average Bonchev–Trinajstić information content (AvgIpc) is 2.36. The van der Waals surface area contributed by atoms with E-state index in [0.717, 1.165) is 0 Å². The summed E-state index contributed by atoms with van der Waals surface area (Å²) in [6.45, 7) is 6.63. The average molecular weight is 278 g/mol. The molecule has 1 N–H and O–H groups in total. The van der Waals surface area contributed by atoms with Gasteiger partial charge in [-0.3, -0.25) is 25.7 Å². The van der Waals surface area contributed by atoms with E-state index in [1.165, 1.54) is 31.2 Å².